The predicted octanol–water partition coefficient (Wildman–Crippen LogP) is -0.256. The Hall–Kier alpha value is -1.03. The van der Waals surface area contributed by atoms with E-state index in [0.717, 1.165) is 5.70 Å². The Morgan fingerprint density at radius 3 is 2.82 bits per heavy atom. The summed E-state index contributed by atoms with van der Waals surface area (Å²) in [6.45, 7) is 3.90. The molecule has 1 heterocycles. The fraction of sp³-hybridized carbons (Fsp3) is 0.571. The highest BCUT2D eigenvalue weighted by molar-refractivity contribution is 5.72. The molecule has 0 bridgehead atoms. The first kappa shape index (κ1) is 8.07. The number of nitrogens with two attached hydrogens (primary N) is 1. The number of nitrogens with zero attached hydrogens (tertiary/aromatic N) is 1. The molecule has 1 aliphatic rings. The molecule has 0 aromatic rings. The highest BCUT2D eigenvalue weighted by atomic mass is 15.2. The molecule has 0 spiro atoms. The van der Waals surface area contributed by atoms with Crippen LogP contribution in [0.5, 0.6) is 0 Å². The molecular weight excluding hydrogens is 140 g/mol. The summed E-state index contributed by atoms with van der Waals surface area (Å²) in [5.74, 6) is 0.553. The molecule has 0 radical (unpaired) electrons. The number of aliphatic imine (C=N–C) groups is 1. The molecule has 0 saturated carbocycles. The highest BCUT2D eigenvalue weighted by Crippen LogP contribution is 2.07. The summed E-state index contributed by atoms with van der Waals surface area (Å²) in [4.78, 5) is 4.04. The van der Waals surface area contributed by atoms with E-state index in [0.29, 0.717) is 5.82 Å². The second-order valence-corrected chi connectivity index (χ2v) is 2.85. The van der Waals surface area contributed by atoms with Crippen molar-refractivity contribution in [2.45, 2.75) is 19.5 Å². The van der Waals surface area contributed by atoms with Crippen molar-refractivity contribution in [3.63, 3.8) is 0 Å². The number of hydrogen-bond acceptors (Lipinski definition) is 4. The van der Waals surface area contributed by atoms with Crippen LogP contribution < -0.4 is 16.4 Å². The second kappa shape index (κ2) is 2.54. The summed E-state index contributed by atoms with van der Waals surface area (Å²) in [5, 5.41) is 6.27. The zero-order valence-corrected chi connectivity index (χ0v) is 7.10. The first-order valence-electron chi connectivity index (χ1n) is 3.56. The number of nitrogens with one attached hydrogen (secondary N) is 2. The Labute approximate surface area is 66.6 Å². The number of hydrogen-bond donors (Lipinski definition) is 3. The average Bonchev–Trinajstić information content (AvgIpc) is 1.98. The molecule has 0 aromatic heterocycles. The topological polar surface area (TPSA) is 62.4 Å². The minimum atomic E-state index is -0.257. The van der Waals surface area contributed by atoms with E-state index >= 15 is 0 Å². The Kier molecular flexibility index (Phi) is 1.87. The Morgan fingerprint density at radius 2 is 2.36 bits per heavy atom. The number of allylic oxidation sites excluding steroid dienone is 1. The van der Waals surface area contributed by atoms with E-state index in [4.69, 9.17) is 5.73 Å². The van der Waals surface area contributed by atoms with Crippen molar-refractivity contribution in [3.05, 3.63) is 11.5 Å². The largest absolute Gasteiger partial charge is 0.382 e. The molecule has 1 rings (SSSR count). The van der Waals surface area contributed by atoms with E-state index in [1.807, 2.05) is 20.9 Å². The molecule has 4 heteroatoms. The lowest BCUT2D eigenvalue weighted by molar-refractivity contribution is 0.447. The zero-order chi connectivity index (χ0) is 8.48. The quantitative estimate of drug-likeness (QED) is 0.488. The van der Waals surface area contributed by atoms with Gasteiger partial charge in [-0.1, -0.05) is 0 Å². The van der Waals surface area contributed by atoms with E-state index in [9.17, 15) is 0 Å². The first-order valence-corrected chi connectivity index (χ1v) is 3.56. The molecule has 0 aliphatic carbocycles. The summed E-state index contributed by atoms with van der Waals surface area (Å²) >= 11 is 0. The third-order valence-corrected chi connectivity index (χ3v) is 1.81. The third-order valence-electron chi connectivity index (χ3n) is 1.81. The van der Waals surface area contributed by atoms with Gasteiger partial charge in [-0.05, 0) is 20.9 Å². The van der Waals surface area contributed by atoms with Crippen LogP contribution in [0.4, 0.5) is 0 Å². The lowest BCUT2D eigenvalue weighted by Crippen LogP contribution is -2.55. The SMILES string of the molecule is CNC1(C)C=NC(N)=C(C)N1. The Morgan fingerprint density at radius 1 is 1.73 bits per heavy atom. The van der Waals surface area contributed by atoms with Gasteiger partial charge < -0.3 is 11.1 Å². The molecule has 1 unspecified atom stereocenters. The van der Waals surface area contributed by atoms with Gasteiger partial charge in [0.25, 0.3) is 0 Å². The first-order chi connectivity index (χ1) is 5.07. The van der Waals surface area contributed by atoms with Crippen molar-refractivity contribution in [2.75, 3.05) is 7.05 Å². The second-order valence-electron chi connectivity index (χ2n) is 2.85. The van der Waals surface area contributed by atoms with Crippen molar-refractivity contribution in [2.24, 2.45) is 10.7 Å². The van der Waals surface area contributed by atoms with Crippen LogP contribution >= 0.6 is 0 Å². The van der Waals surface area contributed by atoms with Crippen molar-refractivity contribution < 1.29 is 0 Å². The van der Waals surface area contributed by atoms with E-state index in [2.05, 4.69) is 15.6 Å². The van der Waals surface area contributed by atoms with Crippen LogP contribution in [-0.4, -0.2) is 18.9 Å². The smallest absolute Gasteiger partial charge is 0.142 e. The van der Waals surface area contributed by atoms with Crippen LogP contribution in [0.2, 0.25) is 0 Å². The van der Waals surface area contributed by atoms with Gasteiger partial charge in [-0.3, -0.25) is 5.32 Å². The molecule has 11 heavy (non-hydrogen) atoms. The normalized spacial score (nSPS) is 30.5. The molecule has 0 fully saturated rings. The molecule has 1 atom stereocenters. The maximum atomic E-state index is 5.55. The number of rotatable bonds is 1. The summed E-state index contributed by atoms with van der Waals surface area (Å²) in [6, 6.07) is 0. The van der Waals surface area contributed by atoms with Crippen LogP contribution in [0.25, 0.3) is 0 Å². The van der Waals surface area contributed by atoms with Crippen LogP contribution in [0, 0.1) is 0 Å². The van der Waals surface area contributed by atoms with Gasteiger partial charge >= 0.3 is 0 Å². The van der Waals surface area contributed by atoms with Crippen LogP contribution in [0.3, 0.4) is 0 Å². The van der Waals surface area contributed by atoms with E-state index < -0.39 is 0 Å². The van der Waals surface area contributed by atoms with Gasteiger partial charge in [-0.15, -0.1) is 0 Å². The van der Waals surface area contributed by atoms with E-state index in [-0.39, 0.29) is 5.66 Å². The standard InChI is InChI=1S/C7H14N4/c1-5-6(8)10-4-7(2,9-3)11-5/h4,9,11H,8H2,1-3H3. The summed E-state index contributed by atoms with van der Waals surface area (Å²) in [7, 11) is 1.87. The van der Waals surface area contributed by atoms with Crippen molar-refractivity contribution >= 4 is 6.21 Å². The fourth-order valence-corrected chi connectivity index (χ4v) is 0.908. The van der Waals surface area contributed by atoms with Gasteiger partial charge in [0, 0.05) is 6.21 Å². The zero-order valence-electron chi connectivity index (χ0n) is 7.10. The maximum Gasteiger partial charge on any atom is 0.142 e. The monoisotopic (exact) mass is 154 g/mol. The summed E-state index contributed by atoms with van der Waals surface area (Å²) in [5.41, 5.74) is 6.20. The molecule has 4 N–H and O–H groups in total. The fourth-order valence-electron chi connectivity index (χ4n) is 0.908. The molecule has 62 valence electrons. The lowest BCUT2D eigenvalue weighted by Gasteiger charge is -2.30. The minimum absolute atomic E-state index is 0.257. The molecule has 0 aromatic carbocycles. The average molecular weight is 154 g/mol. The van der Waals surface area contributed by atoms with Crippen molar-refractivity contribution in [3.8, 4) is 0 Å². The van der Waals surface area contributed by atoms with Gasteiger partial charge in [0.05, 0.1) is 5.70 Å². The minimum Gasteiger partial charge on any atom is -0.382 e. The molecule has 1 aliphatic heterocycles. The molecule has 4 nitrogen and oxygen atoms in total. The van der Waals surface area contributed by atoms with Gasteiger partial charge in [0.15, 0.2) is 0 Å². The van der Waals surface area contributed by atoms with Gasteiger partial charge in [-0.25, -0.2) is 4.99 Å². The highest BCUT2D eigenvalue weighted by Gasteiger charge is 2.22. The maximum absolute atomic E-state index is 5.55. The van der Waals surface area contributed by atoms with Crippen molar-refractivity contribution in [1.82, 2.24) is 10.6 Å². The third kappa shape index (κ3) is 1.51. The predicted molar refractivity (Wildman–Crippen MR) is 46.0 cm³/mol. The van der Waals surface area contributed by atoms with Crippen molar-refractivity contribution in [1.29, 1.82) is 0 Å². The van der Waals surface area contributed by atoms with Crippen LogP contribution in [0.1, 0.15) is 13.8 Å². The summed E-state index contributed by atoms with van der Waals surface area (Å²) in [6.07, 6.45) is 1.76. The van der Waals surface area contributed by atoms with Gasteiger partial charge in [-0.2, -0.15) is 0 Å². The van der Waals surface area contributed by atoms with Gasteiger partial charge in [0.1, 0.15) is 11.5 Å². The molecule has 0 amide bonds. The van der Waals surface area contributed by atoms with Crippen LogP contribution in [-0.2, 0) is 0 Å². The lowest BCUT2D eigenvalue weighted by atomic mass is 10.2. The molecular formula is C7H14N4. The van der Waals surface area contributed by atoms with E-state index in [1.54, 1.807) is 6.21 Å². The van der Waals surface area contributed by atoms with Crippen LogP contribution in [0.15, 0.2) is 16.5 Å². The van der Waals surface area contributed by atoms with E-state index in [1.165, 1.54) is 0 Å². The Balaban J connectivity index is 2.81. The Bertz CT molecular complexity index is 218. The molecule has 0 saturated heterocycles. The summed E-state index contributed by atoms with van der Waals surface area (Å²) < 4.78 is 0. The van der Waals surface area contributed by atoms with Gasteiger partial charge in [0.2, 0.25) is 0 Å².